The number of hydrogen-bond donors (Lipinski definition) is 1. The van der Waals surface area contributed by atoms with Gasteiger partial charge in [0.2, 0.25) is 0 Å². The van der Waals surface area contributed by atoms with E-state index in [9.17, 15) is 4.39 Å². The van der Waals surface area contributed by atoms with E-state index in [1.807, 2.05) is 6.07 Å². The Morgan fingerprint density at radius 1 is 1.17 bits per heavy atom. The molecule has 2 aliphatic heterocycles. The van der Waals surface area contributed by atoms with Crippen LogP contribution in [0.2, 0.25) is 0 Å². The van der Waals surface area contributed by atoms with Gasteiger partial charge >= 0.3 is 0 Å². The molecule has 0 aliphatic carbocycles. The van der Waals surface area contributed by atoms with Gasteiger partial charge in [0, 0.05) is 19.1 Å². The molecule has 0 atom stereocenters. The Labute approximate surface area is 114 Å². The molecular formula is C14H20ClFN2. The average molecular weight is 271 g/mol. The largest absolute Gasteiger partial charge is 0.317 e. The monoisotopic (exact) mass is 270 g/mol. The van der Waals surface area contributed by atoms with Crippen LogP contribution in [0.3, 0.4) is 0 Å². The van der Waals surface area contributed by atoms with Gasteiger partial charge in [-0.25, -0.2) is 4.39 Å². The van der Waals surface area contributed by atoms with Gasteiger partial charge in [-0.15, -0.1) is 12.4 Å². The molecule has 0 amide bonds. The predicted octanol–water partition coefficient (Wildman–Crippen LogP) is 2.36. The number of nitrogens with one attached hydrogen (secondary N) is 1. The highest BCUT2D eigenvalue weighted by Gasteiger charge is 2.24. The van der Waals surface area contributed by atoms with E-state index in [1.165, 1.54) is 24.0 Å². The second kappa shape index (κ2) is 6.00. The molecule has 0 radical (unpaired) electrons. The van der Waals surface area contributed by atoms with Crippen LogP contribution >= 0.6 is 12.4 Å². The molecule has 18 heavy (non-hydrogen) atoms. The van der Waals surface area contributed by atoms with E-state index < -0.39 is 0 Å². The molecule has 1 fully saturated rings. The fourth-order valence-electron chi connectivity index (χ4n) is 3.03. The third-order valence-corrected chi connectivity index (χ3v) is 4.04. The number of nitrogens with zero attached hydrogens (tertiary/aromatic N) is 1. The fraction of sp³-hybridized carbons (Fsp3) is 0.571. The highest BCUT2D eigenvalue weighted by atomic mass is 35.5. The van der Waals surface area contributed by atoms with E-state index in [1.54, 1.807) is 12.1 Å². The fourth-order valence-corrected chi connectivity index (χ4v) is 3.03. The molecule has 0 saturated carbocycles. The summed E-state index contributed by atoms with van der Waals surface area (Å²) in [6.45, 7) is 4.30. The average Bonchev–Trinajstić information content (AvgIpc) is 2.39. The molecule has 1 aromatic rings. The number of hydrogen-bond acceptors (Lipinski definition) is 2. The number of halogens is 2. The summed E-state index contributed by atoms with van der Waals surface area (Å²) in [5, 5.41) is 3.40. The SMILES string of the molecule is Cl.Fc1ccc2c(c1)CN(C1CCNCC1)CC2. The van der Waals surface area contributed by atoms with Crippen molar-refractivity contribution < 1.29 is 4.39 Å². The quantitative estimate of drug-likeness (QED) is 0.843. The third kappa shape index (κ3) is 2.85. The number of rotatable bonds is 1. The topological polar surface area (TPSA) is 15.3 Å². The first kappa shape index (κ1) is 13.8. The first-order valence-corrected chi connectivity index (χ1v) is 6.55. The lowest BCUT2D eigenvalue weighted by molar-refractivity contribution is 0.147. The first-order valence-electron chi connectivity index (χ1n) is 6.55. The summed E-state index contributed by atoms with van der Waals surface area (Å²) in [4.78, 5) is 2.53. The number of fused-ring (bicyclic) bond motifs is 1. The van der Waals surface area contributed by atoms with Gasteiger partial charge in [-0.2, -0.15) is 0 Å². The minimum atomic E-state index is -0.101. The van der Waals surface area contributed by atoms with E-state index in [4.69, 9.17) is 0 Å². The summed E-state index contributed by atoms with van der Waals surface area (Å²) < 4.78 is 13.2. The molecule has 1 N–H and O–H groups in total. The molecule has 0 unspecified atom stereocenters. The predicted molar refractivity (Wildman–Crippen MR) is 73.7 cm³/mol. The van der Waals surface area contributed by atoms with Crippen LogP contribution in [0.1, 0.15) is 24.0 Å². The lowest BCUT2D eigenvalue weighted by Gasteiger charge is -2.37. The molecule has 0 aromatic heterocycles. The van der Waals surface area contributed by atoms with Crippen molar-refractivity contribution in [3.8, 4) is 0 Å². The second-order valence-electron chi connectivity index (χ2n) is 5.11. The van der Waals surface area contributed by atoms with Crippen molar-refractivity contribution in [3.05, 3.63) is 35.1 Å². The van der Waals surface area contributed by atoms with Crippen LogP contribution in [0.4, 0.5) is 4.39 Å². The van der Waals surface area contributed by atoms with Gasteiger partial charge in [-0.05, 0) is 55.6 Å². The Kier molecular flexibility index (Phi) is 4.60. The van der Waals surface area contributed by atoms with Crippen molar-refractivity contribution in [1.29, 1.82) is 0 Å². The van der Waals surface area contributed by atoms with E-state index in [-0.39, 0.29) is 18.2 Å². The van der Waals surface area contributed by atoms with Crippen molar-refractivity contribution in [1.82, 2.24) is 10.2 Å². The van der Waals surface area contributed by atoms with E-state index in [0.717, 1.165) is 32.6 Å². The van der Waals surface area contributed by atoms with E-state index in [0.29, 0.717) is 6.04 Å². The smallest absolute Gasteiger partial charge is 0.123 e. The van der Waals surface area contributed by atoms with Crippen molar-refractivity contribution in [3.63, 3.8) is 0 Å². The third-order valence-electron chi connectivity index (χ3n) is 4.04. The molecule has 2 aliphatic rings. The Morgan fingerprint density at radius 2 is 1.94 bits per heavy atom. The zero-order valence-electron chi connectivity index (χ0n) is 10.5. The summed E-state index contributed by atoms with van der Waals surface area (Å²) >= 11 is 0. The maximum absolute atomic E-state index is 13.2. The molecule has 3 rings (SSSR count). The number of benzene rings is 1. The van der Waals surface area contributed by atoms with Gasteiger partial charge in [-0.3, -0.25) is 4.90 Å². The minimum Gasteiger partial charge on any atom is -0.317 e. The molecule has 1 saturated heterocycles. The summed E-state index contributed by atoms with van der Waals surface area (Å²) in [6, 6.07) is 5.93. The Hall–Kier alpha value is -0.640. The van der Waals surface area contributed by atoms with Crippen molar-refractivity contribution >= 4 is 12.4 Å². The molecule has 1 aromatic carbocycles. The standard InChI is InChI=1S/C14H19FN2.ClH/c15-13-2-1-11-5-8-17(10-12(11)9-13)14-3-6-16-7-4-14;/h1-2,9,14,16H,3-8,10H2;1H. The first-order chi connectivity index (χ1) is 8.33. The van der Waals surface area contributed by atoms with Gasteiger partial charge in [0.25, 0.3) is 0 Å². The molecule has 100 valence electrons. The van der Waals surface area contributed by atoms with Crippen LogP contribution < -0.4 is 5.32 Å². The van der Waals surface area contributed by atoms with E-state index in [2.05, 4.69) is 10.2 Å². The maximum atomic E-state index is 13.2. The van der Waals surface area contributed by atoms with Gasteiger partial charge in [0.15, 0.2) is 0 Å². The van der Waals surface area contributed by atoms with Gasteiger partial charge < -0.3 is 5.32 Å². The molecule has 0 bridgehead atoms. The van der Waals surface area contributed by atoms with Crippen molar-refractivity contribution in [2.24, 2.45) is 0 Å². The lowest BCUT2D eigenvalue weighted by atomic mass is 9.96. The summed E-state index contributed by atoms with van der Waals surface area (Å²) in [6.07, 6.45) is 3.52. The summed E-state index contributed by atoms with van der Waals surface area (Å²) in [5.74, 6) is -0.101. The van der Waals surface area contributed by atoms with Crippen LogP contribution in [0, 0.1) is 5.82 Å². The molecule has 2 nitrogen and oxygen atoms in total. The minimum absolute atomic E-state index is 0. The van der Waals surface area contributed by atoms with Crippen molar-refractivity contribution in [2.45, 2.75) is 31.8 Å². The van der Waals surface area contributed by atoms with Crippen LogP contribution in [0.15, 0.2) is 18.2 Å². The Bertz CT molecular complexity index is 405. The van der Waals surface area contributed by atoms with Crippen LogP contribution in [0.5, 0.6) is 0 Å². The van der Waals surface area contributed by atoms with E-state index >= 15 is 0 Å². The lowest BCUT2D eigenvalue weighted by Crippen LogP contribution is -2.45. The molecule has 4 heteroatoms. The van der Waals surface area contributed by atoms with Gasteiger partial charge in [0.05, 0.1) is 0 Å². The molecular weight excluding hydrogens is 251 g/mol. The zero-order valence-corrected chi connectivity index (χ0v) is 11.3. The zero-order chi connectivity index (χ0) is 11.7. The highest BCUT2D eigenvalue weighted by molar-refractivity contribution is 5.85. The number of piperidine rings is 1. The Morgan fingerprint density at radius 3 is 2.72 bits per heavy atom. The summed E-state index contributed by atoms with van der Waals surface area (Å²) in [5.41, 5.74) is 2.52. The highest BCUT2D eigenvalue weighted by Crippen LogP contribution is 2.24. The molecule has 2 heterocycles. The van der Waals surface area contributed by atoms with Crippen LogP contribution in [-0.4, -0.2) is 30.6 Å². The normalized spacial score (nSPS) is 21.2. The Balaban J connectivity index is 0.00000120. The summed E-state index contributed by atoms with van der Waals surface area (Å²) in [7, 11) is 0. The van der Waals surface area contributed by atoms with Gasteiger partial charge in [0.1, 0.15) is 5.82 Å². The molecule has 0 spiro atoms. The maximum Gasteiger partial charge on any atom is 0.123 e. The van der Waals surface area contributed by atoms with Crippen LogP contribution in [0.25, 0.3) is 0 Å². The van der Waals surface area contributed by atoms with Crippen molar-refractivity contribution in [2.75, 3.05) is 19.6 Å². The van der Waals surface area contributed by atoms with Gasteiger partial charge in [-0.1, -0.05) is 6.07 Å². The van der Waals surface area contributed by atoms with Crippen LogP contribution in [-0.2, 0) is 13.0 Å². The second-order valence-corrected chi connectivity index (χ2v) is 5.11.